The summed E-state index contributed by atoms with van der Waals surface area (Å²) in [4.78, 5) is 14.9. The van der Waals surface area contributed by atoms with Gasteiger partial charge in [-0.15, -0.1) is 11.8 Å². The highest BCUT2D eigenvalue weighted by atomic mass is 32.2. The highest BCUT2D eigenvalue weighted by molar-refractivity contribution is 8.00. The first-order valence-corrected chi connectivity index (χ1v) is 7.00. The van der Waals surface area contributed by atoms with Crippen LogP contribution >= 0.6 is 11.8 Å². The molecule has 1 aromatic rings. The predicted octanol–water partition coefficient (Wildman–Crippen LogP) is 1.92. The van der Waals surface area contributed by atoms with Gasteiger partial charge in [0.05, 0.1) is 24.5 Å². The Morgan fingerprint density at radius 3 is 2.83 bits per heavy atom. The number of carbonyl (C=O) groups is 1. The second-order valence-electron chi connectivity index (χ2n) is 4.63. The number of fused-ring (bicyclic) bond motifs is 2. The third-order valence-corrected chi connectivity index (χ3v) is 4.39. The van der Waals surface area contributed by atoms with Gasteiger partial charge < -0.3 is 9.64 Å². The molecule has 2 aliphatic rings. The third kappa shape index (κ3) is 2.37. The Hall–Kier alpha value is -1.07. The van der Waals surface area contributed by atoms with Crippen molar-refractivity contribution >= 4 is 17.7 Å². The predicted molar refractivity (Wildman–Crippen MR) is 67.0 cm³/mol. The third-order valence-electron chi connectivity index (χ3n) is 3.40. The van der Waals surface area contributed by atoms with Crippen LogP contribution in [0.15, 0.2) is 29.2 Å². The zero-order valence-electron chi connectivity index (χ0n) is 9.84. The first-order chi connectivity index (χ1) is 8.72. The molecule has 2 atom stereocenters. The van der Waals surface area contributed by atoms with Crippen LogP contribution in [0.4, 0.5) is 4.39 Å². The maximum Gasteiger partial charge on any atom is 0.233 e. The van der Waals surface area contributed by atoms with Crippen LogP contribution in [0.5, 0.6) is 0 Å². The van der Waals surface area contributed by atoms with Crippen LogP contribution in [0.1, 0.15) is 6.42 Å². The maximum atomic E-state index is 12.7. The van der Waals surface area contributed by atoms with E-state index in [1.807, 2.05) is 4.90 Å². The van der Waals surface area contributed by atoms with Gasteiger partial charge in [0.15, 0.2) is 0 Å². The Morgan fingerprint density at radius 1 is 1.44 bits per heavy atom. The average Bonchev–Trinajstić information content (AvgIpc) is 3.00. The zero-order chi connectivity index (χ0) is 12.5. The molecular weight excluding hydrogens is 253 g/mol. The van der Waals surface area contributed by atoms with E-state index in [1.165, 1.54) is 23.9 Å². The number of rotatable bonds is 3. The Bertz CT molecular complexity index is 451. The number of benzene rings is 1. The topological polar surface area (TPSA) is 29.5 Å². The monoisotopic (exact) mass is 267 g/mol. The summed E-state index contributed by atoms with van der Waals surface area (Å²) < 4.78 is 18.2. The van der Waals surface area contributed by atoms with Crippen molar-refractivity contribution in [2.75, 3.05) is 18.9 Å². The van der Waals surface area contributed by atoms with Crippen LogP contribution in [0.3, 0.4) is 0 Å². The van der Waals surface area contributed by atoms with Crippen molar-refractivity contribution in [1.29, 1.82) is 0 Å². The molecule has 0 saturated carbocycles. The number of morpholine rings is 1. The molecule has 2 heterocycles. The maximum absolute atomic E-state index is 12.7. The molecule has 3 nitrogen and oxygen atoms in total. The van der Waals surface area contributed by atoms with Crippen molar-refractivity contribution < 1.29 is 13.9 Å². The van der Waals surface area contributed by atoms with E-state index in [0.29, 0.717) is 12.4 Å². The van der Waals surface area contributed by atoms with Crippen molar-refractivity contribution in [2.45, 2.75) is 23.5 Å². The minimum atomic E-state index is -0.250. The molecule has 2 aliphatic heterocycles. The summed E-state index contributed by atoms with van der Waals surface area (Å²) in [6, 6.07) is 6.51. The van der Waals surface area contributed by atoms with Crippen LogP contribution in [-0.4, -0.2) is 41.9 Å². The standard InChI is InChI=1S/C13H14FNO2S/c14-9-1-3-12(4-2-9)18-8-13(16)15-6-11-5-10(15)7-17-11/h1-4,10-11H,5-8H2/t10-,11+/m0/s1. The van der Waals surface area contributed by atoms with E-state index in [1.54, 1.807) is 12.1 Å². The van der Waals surface area contributed by atoms with Gasteiger partial charge in [0.1, 0.15) is 5.82 Å². The van der Waals surface area contributed by atoms with Gasteiger partial charge in [-0.3, -0.25) is 4.79 Å². The van der Waals surface area contributed by atoms with Crippen LogP contribution in [0.2, 0.25) is 0 Å². The fraction of sp³-hybridized carbons (Fsp3) is 0.462. The molecule has 1 amide bonds. The normalized spacial score (nSPS) is 25.7. The number of likely N-dealkylation sites (tertiary alicyclic amines) is 1. The number of thioether (sulfide) groups is 1. The molecule has 0 aromatic heterocycles. The van der Waals surface area contributed by atoms with Gasteiger partial charge in [-0.25, -0.2) is 4.39 Å². The number of hydrogen-bond acceptors (Lipinski definition) is 3. The van der Waals surface area contributed by atoms with Crippen LogP contribution in [0, 0.1) is 5.82 Å². The number of carbonyl (C=O) groups excluding carboxylic acids is 1. The molecule has 0 aliphatic carbocycles. The lowest BCUT2D eigenvalue weighted by molar-refractivity contribution is -0.132. The highest BCUT2D eigenvalue weighted by Gasteiger charge is 2.41. The smallest absolute Gasteiger partial charge is 0.233 e. The summed E-state index contributed by atoms with van der Waals surface area (Å²) in [6.07, 6.45) is 1.22. The Morgan fingerprint density at radius 2 is 2.22 bits per heavy atom. The van der Waals surface area contributed by atoms with Crippen molar-refractivity contribution in [1.82, 2.24) is 4.90 Å². The molecule has 5 heteroatoms. The lowest BCUT2D eigenvalue weighted by Gasteiger charge is -2.26. The number of hydrogen-bond donors (Lipinski definition) is 0. The Labute approximate surface area is 109 Å². The van der Waals surface area contributed by atoms with E-state index in [2.05, 4.69) is 0 Å². The van der Waals surface area contributed by atoms with Crippen LogP contribution in [-0.2, 0) is 9.53 Å². The van der Waals surface area contributed by atoms with Gasteiger partial charge in [-0.1, -0.05) is 0 Å². The molecule has 96 valence electrons. The molecule has 2 bridgehead atoms. The second kappa shape index (κ2) is 4.90. The molecule has 0 spiro atoms. The molecule has 0 N–H and O–H groups in total. The van der Waals surface area contributed by atoms with E-state index < -0.39 is 0 Å². The van der Waals surface area contributed by atoms with Crippen LogP contribution < -0.4 is 0 Å². The molecule has 2 fully saturated rings. The first kappa shape index (κ1) is 12.0. The largest absolute Gasteiger partial charge is 0.374 e. The fourth-order valence-corrected chi connectivity index (χ4v) is 3.25. The van der Waals surface area contributed by atoms with Gasteiger partial charge in [0.2, 0.25) is 5.91 Å². The highest BCUT2D eigenvalue weighted by Crippen LogP contribution is 2.29. The van der Waals surface area contributed by atoms with Crippen molar-refractivity contribution in [3.05, 3.63) is 30.1 Å². The van der Waals surface area contributed by atoms with Crippen molar-refractivity contribution in [3.8, 4) is 0 Å². The number of halogens is 1. The second-order valence-corrected chi connectivity index (χ2v) is 5.68. The Balaban J connectivity index is 1.54. The van der Waals surface area contributed by atoms with Gasteiger partial charge in [-0.05, 0) is 30.7 Å². The van der Waals surface area contributed by atoms with Gasteiger partial charge in [0, 0.05) is 11.4 Å². The summed E-state index contributed by atoms with van der Waals surface area (Å²) >= 11 is 1.45. The Kier molecular flexibility index (Phi) is 3.26. The zero-order valence-corrected chi connectivity index (χ0v) is 10.7. The number of amides is 1. The summed E-state index contributed by atoms with van der Waals surface area (Å²) in [5.74, 6) is 0.314. The molecule has 2 saturated heterocycles. The number of nitrogens with zero attached hydrogens (tertiary/aromatic N) is 1. The summed E-state index contributed by atoms with van der Waals surface area (Å²) in [6.45, 7) is 1.41. The number of ether oxygens (including phenoxy) is 1. The fourth-order valence-electron chi connectivity index (χ4n) is 2.46. The minimum absolute atomic E-state index is 0.153. The van der Waals surface area contributed by atoms with Gasteiger partial charge in [-0.2, -0.15) is 0 Å². The van der Waals surface area contributed by atoms with E-state index in [0.717, 1.165) is 17.9 Å². The van der Waals surface area contributed by atoms with E-state index in [9.17, 15) is 9.18 Å². The van der Waals surface area contributed by atoms with E-state index in [-0.39, 0.29) is 23.9 Å². The quantitative estimate of drug-likeness (QED) is 0.784. The molecule has 3 rings (SSSR count). The summed E-state index contributed by atoms with van der Waals surface area (Å²) in [7, 11) is 0. The van der Waals surface area contributed by atoms with Gasteiger partial charge >= 0.3 is 0 Å². The first-order valence-electron chi connectivity index (χ1n) is 6.02. The molecular formula is C13H14FNO2S. The molecule has 18 heavy (non-hydrogen) atoms. The minimum Gasteiger partial charge on any atom is -0.374 e. The summed E-state index contributed by atoms with van der Waals surface area (Å²) in [5, 5.41) is 0. The van der Waals surface area contributed by atoms with Crippen LogP contribution in [0.25, 0.3) is 0 Å². The summed E-state index contributed by atoms with van der Waals surface area (Å²) in [5.41, 5.74) is 0. The van der Waals surface area contributed by atoms with Gasteiger partial charge in [0.25, 0.3) is 0 Å². The molecule has 1 aromatic carbocycles. The van der Waals surface area contributed by atoms with Crippen molar-refractivity contribution in [2.24, 2.45) is 0 Å². The lowest BCUT2D eigenvalue weighted by Crippen LogP contribution is -2.42. The molecule has 0 unspecified atom stereocenters. The average molecular weight is 267 g/mol. The lowest BCUT2D eigenvalue weighted by atomic mass is 10.2. The van der Waals surface area contributed by atoms with E-state index >= 15 is 0 Å². The molecule has 0 radical (unpaired) electrons. The van der Waals surface area contributed by atoms with Crippen molar-refractivity contribution in [3.63, 3.8) is 0 Å². The SMILES string of the molecule is O=C(CSc1ccc(F)cc1)N1C[C@H]2C[C@H]1CO2. The van der Waals surface area contributed by atoms with E-state index in [4.69, 9.17) is 4.74 Å².